The highest BCUT2D eigenvalue weighted by molar-refractivity contribution is 7.88. The van der Waals surface area contributed by atoms with E-state index >= 15 is 0 Å². The lowest BCUT2D eigenvalue weighted by molar-refractivity contribution is 0.194. The Morgan fingerprint density at radius 1 is 1.21 bits per heavy atom. The van der Waals surface area contributed by atoms with Crippen molar-refractivity contribution in [1.29, 1.82) is 0 Å². The molecule has 11 heteroatoms. The molecular formula is C18H32N6O4S. The fraction of sp³-hybridized carbons (Fsp3) is 0.611. The van der Waals surface area contributed by atoms with Gasteiger partial charge >= 0.3 is 6.03 Å². The van der Waals surface area contributed by atoms with Crippen LogP contribution in [-0.4, -0.2) is 58.4 Å². The predicted molar refractivity (Wildman–Crippen MR) is 113 cm³/mol. The lowest BCUT2D eigenvalue weighted by Crippen LogP contribution is -2.68. The van der Waals surface area contributed by atoms with Crippen molar-refractivity contribution in [1.82, 2.24) is 26.0 Å². The second kappa shape index (κ2) is 10.7. The number of hydrogen-bond acceptors (Lipinski definition) is 7. The lowest BCUT2D eigenvalue weighted by Gasteiger charge is -2.36. The number of urea groups is 1. The van der Waals surface area contributed by atoms with E-state index in [4.69, 9.17) is 4.74 Å². The van der Waals surface area contributed by atoms with Crippen LogP contribution in [0.5, 0.6) is 5.75 Å². The number of nitrogens with one attached hydrogen (secondary N) is 6. The first-order chi connectivity index (χ1) is 13.6. The van der Waals surface area contributed by atoms with Crippen molar-refractivity contribution < 1.29 is 17.9 Å². The van der Waals surface area contributed by atoms with Crippen LogP contribution >= 0.6 is 0 Å². The first-order valence-electron chi connectivity index (χ1n) is 9.65. The summed E-state index contributed by atoms with van der Waals surface area (Å²) in [6, 6.07) is 6.98. The average Bonchev–Trinajstić information content (AvgIpc) is 2.58. The summed E-state index contributed by atoms with van der Waals surface area (Å²) in [5.41, 5.74) is 0.656. The fourth-order valence-corrected chi connectivity index (χ4v) is 3.39. The maximum atomic E-state index is 12.3. The molecule has 0 aliphatic carbocycles. The van der Waals surface area contributed by atoms with Gasteiger partial charge in [-0.25, -0.2) is 17.9 Å². The van der Waals surface area contributed by atoms with Crippen LogP contribution in [0.15, 0.2) is 24.3 Å². The first-order valence-corrected chi connectivity index (χ1v) is 11.5. The molecule has 2 rings (SSSR count). The molecule has 0 bridgehead atoms. The number of rotatable bonds is 9. The minimum atomic E-state index is -3.20. The van der Waals surface area contributed by atoms with E-state index in [2.05, 4.69) is 31.3 Å². The van der Waals surface area contributed by atoms with E-state index in [0.29, 0.717) is 18.8 Å². The average molecular weight is 429 g/mol. The maximum Gasteiger partial charge on any atom is 0.321 e. The minimum absolute atomic E-state index is 0.0645. The number of anilines is 1. The number of carbonyl (C=O) groups is 1. The molecule has 29 heavy (non-hydrogen) atoms. The van der Waals surface area contributed by atoms with E-state index in [1.807, 2.05) is 20.8 Å². The zero-order valence-corrected chi connectivity index (χ0v) is 18.1. The summed E-state index contributed by atoms with van der Waals surface area (Å²) in [4.78, 5) is 12.3. The summed E-state index contributed by atoms with van der Waals surface area (Å²) >= 11 is 0. The van der Waals surface area contributed by atoms with Crippen LogP contribution in [-0.2, 0) is 10.0 Å². The molecule has 1 saturated heterocycles. The summed E-state index contributed by atoms with van der Waals surface area (Å²) in [5.74, 6) is 0.745. The van der Waals surface area contributed by atoms with Crippen LogP contribution < -0.4 is 36.0 Å². The zero-order valence-electron chi connectivity index (χ0n) is 17.3. The van der Waals surface area contributed by atoms with E-state index in [-0.39, 0.29) is 24.3 Å². The Labute approximate surface area is 172 Å². The van der Waals surface area contributed by atoms with Crippen LogP contribution in [0, 0.1) is 0 Å². The Balaban J connectivity index is 1.78. The first kappa shape index (κ1) is 23.4. The van der Waals surface area contributed by atoms with Crippen LogP contribution in [0.1, 0.15) is 27.2 Å². The van der Waals surface area contributed by atoms with Crippen LogP contribution in [0.2, 0.25) is 0 Å². The molecule has 2 amide bonds. The zero-order chi connectivity index (χ0) is 21.4. The van der Waals surface area contributed by atoms with Gasteiger partial charge < -0.3 is 20.7 Å². The van der Waals surface area contributed by atoms with E-state index in [9.17, 15) is 13.2 Å². The monoisotopic (exact) mass is 428 g/mol. The molecular weight excluding hydrogens is 396 g/mol. The van der Waals surface area contributed by atoms with Crippen molar-refractivity contribution in [2.75, 3.05) is 24.7 Å². The van der Waals surface area contributed by atoms with Gasteiger partial charge in [-0.3, -0.25) is 10.6 Å². The van der Waals surface area contributed by atoms with E-state index < -0.39 is 16.3 Å². The number of sulfonamides is 1. The largest absolute Gasteiger partial charge is 0.491 e. The number of ether oxygens (including phenoxy) is 1. The highest BCUT2D eigenvalue weighted by Gasteiger charge is 2.25. The second-order valence-corrected chi connectivity index (χ2v) is 9.20. The Kier molecular flexibility index (Phi) is 8.65. The Hall–Kier alpha value is -1.92. The molecule has 3 unspecified atom stereocenters. The van der Waals surface area contributed by atoms with Gasteiger partial charge in [-0.15, -0.1) is 0 Å². The second-order valence-electron chi connectivity index (χ2n) is 7.37. The van der Waals surface area contributed by atoms with Gasteiger partial charge in [0.05, 0.1) is 18.5 Å². The molecule has 164 valence electrons. The van der Waals surface area contributed by atoms with Crippen molar-refractivity contribution in [2.45, 2.75) is 51.8 Å². The number of benzene rings is 1. The minimum Gasteiger partial charge on any atom is -0.491 e. The Morgan fingerprint density at radius 2 is 1.90 bits per heavy atom. The molecule has 0 aromatic heterocycles. The van der Waals surface area contributed by atoms with Crippen molar-refractivity contribution in [3.05, 3.63) is 24.3 Å². The van der Waals surface area contributed by atoms with E-state index in [1.165, 1.54) is 0 Å². The lowest BCUT2D eigenvalue weighted by atomic mass is 10.1. The number of hydrogen-bond donors (Lipinski definition) is 6. The van der Waals surface area contributed by atoms with Gasteiger partial charge in [0.2, 0.25) is 10.0 Å². The Bertz CT molecular complexity index is 756. The molecule has 0 spiro atoms. The summed E-state index contributed by atoms with van der Waals surface area (Å²) in [5, 5.41) is 15.3. The highest BCUT2D eigenvalue weighted by Crippen LogP contribution is 2.16. The summed E-state index contributed by atoms with van der Waals surface area (Å²) in [7, 11) is -3.20. The molecule has 1 heterocycles. The molecule has 0 radical (unpaired) electrons. The molecule has 1 aromatic rings. The number of amides is 2. The topological polar surface area (TPSA) is 133 Å². The van der Waals surface area contributed by atoms with Crippen molar-refractivity contribution in [3.63, 3.8) is 0 Å². The third-order valence-corrected chi connectivity index (χ3v) is 4.78. The summed E-state index contributed by atoms with van der Waals surface area (Å²) < 4.78 is 30.2. The summed E-state index contributed by atoms with van der Waals surface area (Å²) in [6.45, 7) is 6.70. The molecule has 0 saturated carbocycles. The molecule has 1 fully saturated rings. The van der Waals surface area contributed by atoms with Gasteiger partial charge in [0.1, 0.15) is 12.0 Å². The quantitative estimate of drug-likeness (QED) is 0.312. The van der Waals surface area contributed by atoms with Gasteiger partial charge in [0.15, 0.2) is 0 Å². The third-order valence-electron chi connectivity index (χ3n) is 4.05. The molecule has 6 N–H and O–H groups in total. The van der Waals surface area contributed by atoms with Gasteiger partial charge in [-0.05, 0) is 51.5 Å². The molecule has 1 aliphatic rings. The Morgan fingerprint density at radius 3 is 2.52 bits per heavy atom. The number of carbonyl (C=O) groups excluding carboxylic acids is 1. The van der Waals surface area contributed by atoms with Crippen molar-refractivity contribution in [3.8, 4) is 5.75 Å². The van der Waals surface area contributed by atoms with E-state index in [0.717, 1.165) is 18.4 Å². The van der Waals surface area contributed by atoms with E-state index in [1.54, 1.807) is 24.3 Å². The standard InChI is InChI=1S/C18H32N6O4S/c1-12(2)28-15-7-5-14(6-8-15)22-18(25)24-17-21-13(3)11-16(23-17)19-9-10-20-29(4,26)27/h5-8,12-13,16-17,19-21,23H,9-11H2,1-4H3,(H2,22,24,25). The van der Waals surface area contributed by atoms with Crippen LogP contribution in [0.4, 0.5) is 10.5 Å². The van der Waals surface area contributed by atoms with Crippen LogP contribution in [0.25, 0.3) is 0 Å². The fourth-order valence-electron chi connectivity index (χ4n) is 2.92. The van der Waals surface area contributed by atoms with Crippen molar-refractivity contribution in [2.24, 2.45) is 0 Å². The van der Waals surface area contributed by atoms with Crippen LogP contribution in [0.3, 0.4) is 0 Å². The normalized spacial score (nSPS) is 22.3. The van der Waals surface area contributed by atoms with Gasteiger partial charge in [0, 0.05) is 24.8 Å². The molecule has 10 nitrogen and oxygen atoms in total. The van der Waals surface area contributed by atoms with Gasteiger partial charge in [-0.2, -0.15) is 0 Å². The third kappa shape index (κ3) is 9.41. The maximum absolute atomic E-state index is 12.3. The van der Waals surface area contributed by atoms with Gasteiger partial charge in [0.25, 0.3) is 0 Å². The van der Waals surface area contributed by atoms with Crippen molar-refractivity contribution >= 4 is 21.7 Å². The predicted octanol–water partition coefficient (Wildman–Crippen LogP) is 0.315. The molecule has 1 aliphatic heterocycles. The summed E-state index contributed by atoms with van der Waals surface area (Å²) in [6.07, 6.45) is 1.51. The highest BCUT2D eigenvalue weighted by atomic mass is 32.2. The SMILES string of the molecule is CC1CC(NCCNS(C)(=O)=O)NC(NC(=O)Nc2ccc(OC(C)C)cc2)N1. The molecule has 3 atom stereocenters. The molecule has 1 aromatic carbocycles. The smallest absolute Gasteiger partial charge is 0.321 e. The van der Waals surface area contributed by atoms with Gasteiger partial charge in [-0.1, -0.05) is 0 Å².